The van der Waals surface area contributed by atoms with E-state index in [0.29, 0.717) is 10.6 Å². The maximum atomic E-state index is 13.5. The molecule has 98 valence electrons. The molecular weight excluding hydrogens is 331 g/mol. The van der Waals surface area contributed by atoms with Gasteiger partial charge in [-0.15, -0.1) is 0 Å². The smallest absolute Gasteiger partial charge is 0.141 e. The van der Waals surface area contributed by atoms with Gasteiger partial charge in [0.1, 0.15) is 11.6 Å². The standard InChI is InChI=1S/C15H11BrClFO/c16-12-3-6-15(18)11(8-12)9-14(19)7-10-1-4-13(17)5-2-10/h1-6,8H,7,9H2. The van der Waals surface area contributed by atoms with Gasteiger partial charge in [0, 0.05) is 22.3 Å². The van der Waals surface area contributed by atoms with Crippen molar-refractivity contribution < 1.29 is 9.18 Å². The van der Waals surface area contributed by atoms with Crippen molar-refractivity contribution in [3.8, 4) is 0 Å². The van der Waals surface area contributed by atoms with Gasteiger partial charge in [0.15, 0.2) is 0 Å². The Hall–Kier alpha value is -1.19. The zero-order valence-corrected chi connectivity index (χ0v) is 12.3. The molecule has 0 radical (unpaired) electrons. The van der Waals surface area contributed by atoms with Crippen LogP contribution in [-0.4, -0.2) is 5.78 Å². The molecular formula is C15H11BrClFO. The summed E-state index contributed by atoms with van der Waals surface area (Å²) in [6, 6.07) is 11.7. The van der Waals surface area contributed by atoms with Gasteiger partial charge in [-0.1, -0.05) is 39.7 Å². The number of hydrogen-bond acceptors (Lipinski definition) is 1. The second-order valence-electron chi connectivity index (χ2n) is 4.25. The highest BCUT2D eigenvalue weighted by Crippen LogP contribution is 2.17. The third kappa shape index (κ3) is 4.15. The third-order valence-electron chi connectivity index (χ3n) is 2.71. The number of carbonyl (C=O) groups excluding carboxylic acids is 1. The van der Waals surface area contributed by atoms with E-state index in [9.17, 15) is 9.18 Å². The average molecular weight is 342 g/mol. The predicted molar refractivity (Wildman–Crippen MR) is 78.0 cm³/mol. The van der Waals surface area contributed by atoms with Crippen molar-refractivity contribution in [2.24, 2.45) is 0 Å². The van der Waals surface area contributed by atoms with E-state index in [1.54, 1.807) is 36.4 Å². The number of carbonyl (C=O) groups is 1. The van der Waals surface area contributed by atoms with Crippen LogP contribution in [0, 0.1) is 5.82 Å². The molecule has 0 aliphatic heterocycles. The van der Waals surface area contributed by atoms with E-state index in [2.05, 4.69) is 15.9 Å². The maximum Gasteiger partial charge on any atom is 0.141 e. The molecule has 2 rings (SSSR count). The van der Waals surface area contributed by atoms with Crippen LogP contribution in [0.3, 0.4) is 0 Å². The van der Waals surface area contributed by atoms with E-state index in [1.807, 2.05) is 0 Å². The van der Waals surface area contributed by atoms with Crippen LogP contribution in [0.25, 0.3) is 0 Å². The molecule has 1 nitrogen and oxygen atoms in total. The molecule has 2 aromatic carbocycles. The molecule has 0 heterocycles. The summed E-state index contributed by atoms with van der Waals surface area (Å²) in [5, 5.41) is 0.634. The molecule has 0 amide bonds. The monoisotopic (exact) mass is 340 g/mol. The molecule has 0 unspecified atom stereocenters. The van der Waals surface area contributed by atoms with Crippen LogP contribution >= 0.6 is 27.5 Å². The molecule has 0 spiro atoms. The van der Waals surface area contributed by atoms with Crippen LogP contribution in [0.1, 0.15) is 11.1 Å². The third-order valence-corrected chi connectivity index (χ3v) is 3.46. The lowest BCUT2D eigenvalue weighted by Gasteiger charge is -2.04. The molecule has 19 heavy (non-hydrogen) atoms. The first kappa shape index (κ1) is 14.2. The highest BCUT2D eigenvalue weighted by Gasteiger charge is 2.09. The molecule has 0 aliphatic carbocycles. The van der Waals surface area contributed by atoms with E-state index < -0.39 is 0 Å². The Morgan fingerprint density at radius 3 is 2.47 bits per heavy atom. The fourth-order valence-corrected chi connectivity index (χ4v) is 2.32. The summed E-state index contributed by atoms with van der Waals surface area (Å²) >= 11 is 9.04. The number of Topliss-reactive ketones (excluding diaryl/α,β-unsaturated/α-hetero) is 1. The summed E-state index contributed by atoms with van der Waals surface area (Å²) in [5.41, 5.74) is 1.29. The summed E-state index contributed by atoms with van der Waals surface area (Å²) < 4.78 is 14.3. The van der Waals surface area contributed by atoms with Gasteiger partial charge in [-0.25, -0.2) is 4.39 Å². The second kappa shape index (κ2) is 6.31. The molecule has 2 aromatic rings. The number of ketones is 1. The highest BCUT2D eigenvalue weighted by molar-refractivity contribution is 9.10. The molecule has 4 heteroatoms. The van der Waals surface area contributed by atoms with Crippen LogP contribution in [0.5, 0.6) is 0 Å². The molecule has 0 bridgehead atoms. The van der Waals surface area contributed by atoms with E-state index >= 15 is 0 Å². The molecule has 0 atom stereocenters. The Bertz CT molecular complexity index is 596. The van der Waals surface area contributed by atoms with Crippen LogP contribution in [-0.2, 0) is 17.6 Å². The zero-order chi connectivity index (χ0) is 13.8. The van der Waals surface area contributed by atoms with Crippen LogP contribution < -0.4 is 0 Å². The predicted octanol–water partition coefficient (Wildman–Crippen LogP) is 4.60. The Morgan fingerprint density at radius 1 is 1.11 bits per heavy atom. The summed E-state index contributed by atoms with van der Waals surface area (Å²) in [4.78, 5) is 11.9. The van der Waals surface area contributed by atoms with Gasteiger partial charge in [0.2, 0.25) is 0 Å². The normalized spacial score (nSPS) is 10.5. The highest BCUT2D eigenvalue weighted by atomic mass is 79.9. The van der Waals surface area contributed by atoms with Crippen LogP contribution in [0.4, 0.5) is 4.39 Å². The lowest BCUT2D eigenvalue weighted by atomic mass is 10.0. The maximum absolute atomic E-state index is 13.5. The number of benzene rings is 2. The summed E-state index contributed by atoms with van der Waals surface area (Å²) in [6.07, 6.45) is 0.372. The van der Waals surface area contributed by atoms with Crippen LogP contribution in [0.2, 0.25) is 5.02 Å². The molecule has 0 aliphatic rings. The first-order valence-electron chi connectivity index (χ1n) is 5.74. The quantitative estimate of drug-likeness (QED) is 0.794. The topological polar surface area (TPSA) is 17.1 Å². The Labute approximate surface area is 124 Å². The Balaban J connectivity index is 2.05. The van der Waals surface area contributed by atoms with Gasteiger partial charge in [-0.05, 0) is 41.5 Å². The minimum absolute atomic E-state index is 0.0284. The minimum Gasteiger partial charge on any atom is -0.299 e. The molecule has 0 saturated carbocycles. The average Bonchev–Trinajstić information content (AvgIpc) is 2.37. The molecule has 0 fully saturated rings. The van der Waals surface area contributed by atoms with Gasteiger partial charge in [0.25, 0.3) is 0 Å². The van der Waals surface area contributed by atoms with E-state index in [-0.39, 0.29) is 24.4 Å². The second-order valence-corrected chi connectivity index (χ2v) is 5.61. The molecule has 0 saturated heterocycles. The van der Waals surface area contributed by atoms with Crippen LogP contribution in [0.15, 0.2) is 46.9 Å². The lowest BCUT2D eigenvalue weighted by molar-refractivity contribution is -0.117. The number of halogens is 3. The first-order valence-corrected chi connectivity index (χ1v) is 6.92. The Morgan fingerprint density at radius 2 is 1.79 bits per heavy atom. The first-order chi connectivity index (χ1) is 9.04. The van der Waals surface area contributed by atoms with Gasteiger partial charge >= 0.3 is 0 Å². The van der Waals surface area contributed by atoms with E-state index in [1.165, 1.54) is 6.07 Å². The van der Waals surface area contributed by atoms with E-state index in [0.717, 1.165) is 10.0 Å². The van der Waals surface area contributed by atoms with Gasteiger partial charge in [0.05, 0.1) is 0 Å². The molecule has 0 aromatic heterocycles. The van der Waals surface area contributed by atoms with Gasteiger partial charge in [-0.3, -0.25) is 4.79 Å². The summed E-state index contributed by atoms with van der Waals surface area (Å²) in [7, 11) is 0. The molecule has 0 N–H and O–H groups in total. The Kier molecular flexibility index (Phi) is 4.72. The number of hydrogen-bond donors (Lipinski definition) is 0. The number of rotatable bonds is 4. The SMILES string of the molecule is O=C(Cc1ccc(Cl)cc1)Cc1cc(Br)ccc1F. The van der Waals surface area contributed by atoms with Gasteiger partial charge in [-0.2, -0.15) is 0 Å². The fraction of sp³-hybridized carbons (Fsp3) is 0.133. The van der Waals surface area contributed by atoms with Crippen molar-refractivity contribution in [3.05, 3.63) is 68.9 Å². The van der Waals surface area contributed by atoms with Crippen molar-refractivity contribution in [1.82, 2.24) is 0 Å². The van der Waals surface area contributed by atoms with Crippen molar-refractivity contribution in [3.63, 3.8) is 0 Å². The summed E-state index contributed by atoms with van der Waals surface area (Å²) in [5.74, 6) is -0.382. The zero-order valence-electron chi connectivity index (χ0n) is 10.00. The largest absolute Gasteiger partial charge is 0.299 e. The van der Waals surface area contributed by atoms with Gasteiger partial charge < -0.3 is 0 Å². The van der Waals surface area contributed by atoms with Crippen molar-refractivity contribution in [2.45, 2.75) is 12.8 Å². The summed E-state index contributed by atoms with van der Waals surface area (Å²) in [6.45, 7) is 0. The van der Waals surface area contributed by atoms with Crippen molar-refractivity contribution in [2.75, 3.05) is 0 Å². The van der Waals surface area contributed by atoms with Crippen molar-refractivity contribution >= 4 is 33.3 Å². The van der Waals surface area contributed by atoms with E-state index in [4.69, 9.17) is 11.6 Å². The lowest BCUT2D eigenvalue weighted by Crippen LogP contribution is -2.08. The fourth-order valence-electron chi connectivity index (χ4n) is 1.78. The minimum atomic E-state index is -0.354. The van der Waals surface area contributed by atoms with Crippen molar-refractivity contribution in [1.29, 1.82) is 0 Å².